The zero-order chi connectivity index (χ0) is 28.5. The molecule has 212 valence electrons. The normalized spacial score (nSPS) is 19.2. The summed E-state index contributed by atoms with van der Waals surface area (Å²) in [6, 6.07) is 5.73. The highest BCUT2D eigenvalue weighted by molar-refractivity contribution is 5.96. The van der Waals surface area contributed by atoms with Crippen LogP contribution in [-0.4, -0.2) is 36.5 Å². The average molecular weight is 559 g/mol. The van der Waals surface area contributed by atoms with Gasteiger partial charge in [0.2, 0.25) is 5.91 Å². The van der Waals surface area contributed by atoms with Gasteiger partial charge in [0.1, 0.15) is 5.69 Å². The standard InChI is InChI=1S/C26H28F6N4O3/c1-16-4-2-3-11-35(16)21-7-5-18(25(27,28)29)14-20(21)33-24(37)17-9-12-34(13-10-17)22-8-6-19(26(30,31)32)15-23(22)36(38)39/h5-8,14-17H,2-4,9-13H2,1H3,(H,33,37)/t16-/m0/s1. The van der Waals surface area contributed by atoms with Gasteiger partial charge in [-0.2, -0.15) is 26.3 Å². The van der Waals surface area contributed by atoms with Crippen molar-refractivity contribution in [2.75, 3.05) is 34.8 Å². The second-order valence-electron chi connectivity index (χ2n) is 9.98. The lowest BCUT2D eigenvalue weighted by Gasteiger charge is -2.37. The molecule has 1 N–H and O–H groups in total. The van der Waals surface area contributed by atoms with Crippen molar-refractivity contribution >= 4 is 28.7 Å². The molecule has 0 aliphatic carbocycles. The third kappa shape index (κ3) is 6.39. The van der Waals surface area contributed by atoms with Crippen LogP contribution in [0.1, 0.15) is 50.2 Å². The molecule has 0 unspecified atom stereocenters. The Kier molecular flexibility index (Phi) is 7.99. The summed E-state index contributed by atoms with van der Waals surface area (Å²) < 4.78 is 79.5. The second kappa shape index (κ2) is 10.9. The lowest BCUT2D eigenvalue weighted by molar-refractivity contribution is -0.384. The number of alkyl halides is 6. The van der Waals surface area contributed by atoms with Crippen LogP contribution in [0.25, 0.3) is 0 Å². The molecule has 0 bridgehead atoms. The number of benzene rings is 2. The van der Waals surface area contributed by atoms with Crippen LogP contribution < -0.4 is 15.1 Å². The molecular formula is C26H28F6N4O3. The largest absolute Gasteiger partial charge is 0.416 e. The number of nitro groups is 1. The smallest absolute Gasteiger partial charge is 0.367 e. The zero-order valence-corrected chi connectivity index (χ0v) is 21.1. The van der Waals surface area contributed by atoms with Crippen molar-refractivity contribution in [2.45, 2.75) is 57.4 Å². The summed E-state index contributed by atoms with van der Waals surface area (Å²) in [5.74, 6) is -1.06. The Morgan fingerprint density at radius 3 is 2.05 bits per heavy atom. The predicted octanol–water partition coefficient (Wildman–Crippen LogP) is 6.87. The topological polar surface area (TPSA) is 78.7 Å². The number of piperidine rings is 2. The van der Waals surface area contributed by atoms with Crippen molar-refractivity contribution < 1.29 is 36.1 Å². The monoisotopic (exact) mass is 558 g/mol. The van der Waals surface area contributed by atoms with E-state index in [1.165, 1.54) is 6.07 Å². The van der Waals surface area contributed by atoms with E-state index in [9.17, 15) is 41.3 Å². The van der Waals surface area contributed by atoms with Crippen molar-refractivity contribution in [2.24, 2.45) is 5.92 Å². The van der Waals surface area contributed by atoms with Gasteiger partial charge in [-0.25, -0.2) is 0 Å². The summed E-state index contributed by atoms with van der Waals surface area (Å²) in [6.45, 7) is 2.95. The lowest BCUT2D eigenvalue weighted by atomic mass is 9.94. The molecule has 1 atom stereocenters. The Hall–Kier alpha value is -3.51. The van der Waals surface area contributed by atoms with Gasteiger partial charge in [0.15, 0.2) is 0 Å². The minimum Gasteiger partial charge on any atom is -0.367 e. The van der Waals surface area contributed by atoms with Gasteiger partial charge in [-0.05, 0) is 69.4 Å². The van der Waals surface area contributed by atoms with Gasteiger partial charge in [0, 0.05) is 37.7 Å². The first-order valence-electron chi connectivity index (χ1n) is 12.6. The molecule has 2 fully saturated rings. The predicted molar refractivity (Wildman–Crippen MR) is 134 cm³/mol. The zero-order valence-electron chi connectivity index (χ0n) is 21.1. The second-order valence-corrected chi connectivity index (χ2v) is 9.98. The highest BCUT2D eigenvalue weighted by Crippen LogP contribution is 2.40. The van der Waals surface area contributed by atoms with Crippen LogP contribution in [0.15, 0.2) is 36.4 Å². The molecular weight excluding hydrogens is 530 g/mol. The highest BCUT2D eigenvalue weighted by atomic mass is 19.4. The van der Waals surface area contributed by atoms with Gasteiger partial charge in [-0.1, -0.05) is 0 Å². The molecule has 39 heavy (non-hydrogen) atoms. The van der Waals surface area contributed by atoms with Gasteiger partial charge in [-0.3, -0.25) is 14.9 Å². The molecule has 2 saturated heterocycles. The van der Waals surface area contributed by atoms with E-state index in [1.54, 1.807) is 4.90 Å². The van der Waals surface area contributed by atoms with Crippen LogP contribution in [0.2, 0.25) is 0 Å². The van der Waals surface area contributed by atoms with Gasteiger partial charge in [0.25, 0.3) is 5.69 Å². The summed E-state index contributed by atoms with van der Waals surface area (Å²) in [5.41, 5.74) is -2.09. The number of amides is 1. The first kappa shape index (κ1) is 28.5. The van der Waals surface area contributed by atoms with Gasteiger partial charge in [0.05, 0.1) is 27.4 Å². The van der Waals surface area contributed by atoms with E-state index in [0.717, 1.165) is 43.5 Å². The summed E-state index contributed by atoms with van der Waals surface area (Å²) in [5, 5.41) is 14.2. The summed E-state index contributed by atoms with van der Waals surface area (Å²) in [7, 11) is 0. The van der Waals surface area contributed by atoms with E-state index in [4.69, 9.17) is 0 Å². The third-order valence-corrected chi connectivity index (χ3v) is 7.40. The molecule has 2 aromatic carbocycles. The van der Waals surface area contributed by atoms with E-state index in [0.29, 0.717) is 18.3 Å². The Bertz CT molecular complexity index is 1230. The minimum absolute atomic E-state index is 0.0195. The number of carbonyl (C=O) groups is 1. The number of nitrogens with one attached hydrogen (secondary N) is 1. The number of carbonyl (C=O) groups excluding carboxylic acids is 1. The van der Waals surface area contributed by atoms with Crippen LogP contribution in [0.5, 0.6) is 0 Å². The maximum Gasteiger partial charge on any atom is 0.416 e. The SMILES string of the molecule is C[C@H]1CCCCN1c1ccc(C(F)(F)F)cc1NC(=O)C1CCN(c2ccc(C(F)(F)F)cc2[N+](=O)[O-])CC1. The molecule has 2 aromatic rings. The number of halogens is 6. The lowest BCUT2D eigenvalue weighted by Crippen LogP contribution is -2.40. The molecule has 0 radical (unpaired) electrons. The van der Waals surface area contributed by atoms with Gasteiger partial charge < -0.3 is 15.1 Å². The summed E-state index contributed by atoms with van der Waals surface area (Å²) in [6.07, 6.45) is -6.11. The van der Waals surface area contributed by atoms with Crippen LogP contribution in [0.4, 0.5) is 49.1 Å². The first-order chi connectivity index (χ1) is 18.3. The third-order valence-electron chi connectivity index (χ3n) is 7.40. The van der Waals surface area contributed by atoms with Gasteiger partial charge >= 0.3 is 12.4 Å². The highest BCUT2D eigenvalue weighted by Gasteiger charge is 2.36. The Balaban J connectivity index is 1.50. The first-order valence-corrected chi connectivity index (χ1v) is 12.6. The van der Waals surface area contributed by atoms with Gasteiger partial charge in [-0.15, -0.1) is 0 Å². The van der Waals surface area contributed by atoms with E-state index in [-0.39, 0.29) is 43.3 Å². The number of rotatable bonds is 5. The van der Waals surface area contributed by atoms with Crippen molar-refractivity contribution in [3.8, 4) is 0 Å². The number of nitro benzene ring substituents is 1. The number of hydrogen-bond acceptors (Lipinski definition) is 5. The molecule has 0 saturated carbocycles. The summed E-state index contributed by atoms with van der Waals surface area (Å²) >= 11 is 0. The maximum absolute atomic E-state index is 13.5. The van der Waals surface area contributed by atoms with Crippen molar-refractivity contribution in [3.05, 3.63) is 57.6 Å². The molecule has 0 aromatic heterocycles. The fourth-order valence-electron chi connectivity index (χ4n) is 5.25. The molecule has 2 aliphatic rings. The molecule has 1 amide bonds. The molecule has 2 aliphatic heterocycles. The van der Waals surface area contributed by atoms with Crippen molar-refractivity contribution in [3.63, 3.8) is 0 Å². The van der Waals surface area contributed by atoms with Crippen LogP contribution in [0.3, 0.4) is 0 Å². The van der Waals surface area contributed by atoms with E-state index in [2.05, 4.69) is 5.32 Å². The van der Waals surface area contributed by atoms with Crippen LogP contribution in [-0.2, 0) is 17.1 Å². The Morgan fingerprint density at radius 2 is 1.49 bits per heavy atom. The minimum atomic E-state index is -4.73. The van der Waals surface area contributed by atoms with E-state index >= 15 is 0 Å². The molecule has 7 nitrogen and oxygen atoms in total. The molecule has 4 rings (SSSR count). The Morgan fingerprint density at radius 1 is 0.897 bits per heavy atom. The van der Waals surface area contributed by atoms with Crippen molar-refractivity contribution in [1.29, 1.82) is 0 Å². The number of hydrogen-bond donors (Lipinski definition) is 1. The number of nitrogens with zero attached hydrogens (tertiary/aromatic N) is 3. The van der Waals surface area contributed by atoms with E-state index < -0.39 is 45.9 Å². The van der Waals surface area contributed by atoms with Crippen LogP contribution >= 0.6 is 0 Å². The fraction of sp³-hybridized carbons (Fsp3) is 0.500. The van der Waals surface area contributed by atoms with Crippen molar-refractivity contribution in [1.82, 2.24) is 0 Å². The molecule has 13 heteroatoms. The quantitative estimate of drug-likeness (QED) is 0.246. The molecule has 0 spiro atoms. The number of anilines is 3. The van der Waals surface area contributed by atoms with Crippen LogP contribution in [0, 0.1) is 16.0 Å². The Labute approximate surface area is 220 Å². The average Bonchev–Trinajstić information content (AvgIpc) is 2.88. The maximum atomic E-state index is 13.5. The fourth-order valence-corrected chi connectivity index (χ4v) is 5.25. The van der Waals surface area contributed by atoms with E-state index in [1.807, 2.05) is 11.8 Å². The summed E-state index contributed by atoms with van der Waals surface area (Å²) in [4.78, 5) is 27.3. The molecule has 2 heterocycles.